The molecule has 2 aromatic carbocycles. The molecule has 2 atom stereocenters. The maximum atomic E-state index is 14.0. The van der Waals surface area contributed by atoms with Gasteiger partial charge >= 0.3 is 0 Å². The van der Waals surface area contributed by atoms with Gasteiger partial charge in [0.15, 0.2) is 0 Å². The summed E-state index contributed by atoms with van der Waals surface area (Å²) in [4.78, 5) is 2.38. The Hall–Kier alpha value is -1.87. The second kappa shape index (κ2) is 5.86. The monoisotopic (exact) mass is 284 g/mol. The third-order valence-corrected chi connectivity index (χ3v) is 4.36. The van der Waals surface area contributed by atoms with Gasteiger partial charge in [0, 0.05) is 23.8 Å². The van der Waals surface area contributed by atoms with Crippen molar-refractivity contribution in [1.29, 1.82) is 0 Å². The molecule has 0 bridgehead atoms. The van der Waals surface area contributed by atoms with Crippen LogP contribution in [-0.2, 0) is 6.42 Å². The fraction of sp³-hybridized carbons (Fsp3) is 0.333. The van der Waals surface area contributed by atoms with E-state index in [2.05, 4.69) is 41.4 Å². The molecule has 3 heteroatoms. The van der Waals surface area contributed by atoms with Crippen LogP contribution in [0.5, 0.6) is 0 Å². The Morgan fingerprint density at radius 1 is 1.19 bits per heavy atom. The first-order valence-electron chi connectivity index (χ1n) is 7.47. The fourth-order valence-electron chi connectivity index (χ4n) is 3.21. The van der Waals surface area contributed by atoms with Crippen molar-refractivity contribution >= 4 is 5.69 Å². The summed E-state index contributed by atoms with van der Waals surface area (Å²) in [5.74, 6) is -0.142. The number of hydrogen-bond acceptors (Lipinski definition) is 2. The van der Waals surface area contributed by atoms with Crippen LogP contribution in [0.15, 0.2) is 48.5 Å². The zero-order chi connectivity index (χ0) is 14.8. The predicted octanol–water partition coefficient (Wildman–Crippen LogP) is 3.54. The van der Waals surface area contributed by atoms with Gasteiger partial charge in [0.1, 0.15) is 5.82 Å². The van der Waals surface area contributed by atoms with Gasteiger partial charge in [0.25, 0.3) is 0 Å². The van der Waals surface area contributed by atoms with Crippen LogP contribution in [-0.4, -0.2) is 19.6 Å². The first kappa shape index (κ1) is 14.1. The van der Waals surface area contributed by atoms with Crippen molar-refractivity contribution in [2.75, 3.05) is 18.5 Å². The molecule has 0 amide bonds. The van der Waals surface area contributed by atoms with Crippen molar-refractivity contribution in [3.05, 3.63) is 65.5 Å². The standard InChI is InChI=1S/C18H21FN2/c1-13-11-14-7-3-6-10-18(14)21(13)12-17(20-2)15-8-4-5-9-16(15)19/h3-10,13,17,20H,11-12H2,1-2H3. The molecule has 3 rings (SSSR count). The molecular weight excluding hydrogens is 263 g/mol. The molecule has 0 aliphatic carbocycles. The smallest absolute Gasteiger partial charge is 0.128 e. The lowest BCUT2D eigenvalue weighted by molar-refractivity contribution is 0.512. The van der Waals surface area contributed by atoms with Gasteiger partial charge in [0.05, 0.1) is 6.04 Å². The van der Waals surface area contributed by atoms with Crippen LogP contribution in [0.25, 0.3) is 0 Å². The lowest BCUT2D eigenvalue weighted by Gasteiger charge is -2.30. The Kier molecular flexibility index (Phi) is 3.93. The Labute approximate surface area is 125 Å². The molecule has 1 aliphatic rings. The first-order chi connectivity index (χ1) is 10.2. The number of rotatable bonds is 4. The summed E-state index contributed by atoms with van der Waals surface area (Å²) in [6.07, 6.45) is 1.06. The van der Waals surface area contributed by atoms with E-state index in [-0.39, 0.29) is 11.9 Å². The average molecular weight is 284 g/mol. The third kappa shape index (κ3) is 2.66. The van der Waals surface area contributed by atoms with Crippen LogP contribution in [0, 0.1) is 5.82 Å². The summed E-state index contributed by atoms with van der Waals surface area (Å²) < 4.78 is 14.0. The molecule has 0 radical (unpaired) electrons. The minimum Gasteiger partial charge on any atom is -0.366 e. The van der Waals surface area contributed by atoms with Crippen molar-refractivity contribution in [1.82, 2.24) is 5.32 Å². The predicted molar refractivity (Wildman–Crippen MR) is 85.2 cm³/mol. The molecule has 2 nitrogen and oxygen atoms in total. The van der Waals surface area contributed by atoms with Crippen molar-refractivity contribution < 1.29 is 4.39 Å². The van der Waals surface area contributed by atoms with E-state index in [0.717, 1.165) is 18.5 Å². The minimum absolute atomic E-state index is 0.0141. The Morgan fingerprint density at radius 2 is 1.90 bits per heavy atom. The molecule has 1 heterocycles. The summed E-state index contributed by atoms with van der Waals surface area (Å²) >= 11 is 0. The SMILES string of the molecule is CNC(CN1c2ccccc2CC1C)c1ccccc1F. The average Bonchev–Trinajstić information content (AvgIpc) is 2.81. The van der Waals surface area contributed by atoms with E-state index in [0.29, 0.717) is 6.04 Å². The zero-order valence-corrected chi connectivity index (χ0v) is 12.5. The minimum atomic E-state index is -0.142. The number of halogens is 1. The van der Waals surface area contributed by atoms with E-state index in [9.17, 15) is 4.39 Å². The molecule has 110 valence electrons. The highest BCUT2D eigenvalue weighted by Gasteiger charge is 2.28. The largest absolute Gasteiger partial charge is 0.366 e. The Bertz CT molecular complexity index is 626. The van der Waals surface area contributed by atoms with Crippen LogP contribution >= 0.6 is 0 Å². The number of nitrogens with zero attached hydrogens (tertiary/aromatic N) is 1. The molecule has 1 N–H and O–H groups in total. The summed E-state index contributed by atoms with van der Waals surface area (Å²) in [5, 5.41) is 3.26. The van der Waals surface area contributed by atoms with Crippen LogP contribution < -0.4 is 10.2 Å². The number of benzene rings is 2. The number of para-hydroxylation sites is 1. The first-order valence-corrected chi connectivity index (χ1v) is 7.47. The molecule has 2 unspecified atom stereocenters. The summed E-state index contributed by atoms with van der Waals surface area (Å²) in [7, 11) is 1.89. The summed E-state index contributed by atoms with van der Waals surface area (Å²) in [6, 6.07) is 16.0. The third-order valence-electron chi connectivity index (χ3n) is 4.36. The number of nitrogens with one attached hydrogen (secondary N) is 1. The molecule has 2 aromatic rings. The van der Waals surface area contributed by atoms with E-state index in [4.69, 9.17) is 0 Å². The fourth-order valence-corrected chi connectivity index (χ4v) is 3.21. The van der Waals surface area contributed by atoms with E-state index in [1.54, 1.807) is 6.07 Å². The quantitative estimate of drug-likeness (QED) is 0.924. The van der Waals surface area contributed by atoms with Gasteiger partial charge in [-0.05, 0) is 38.1 Å². The topological polar surface area (TPSA) is 15.3 Å². The number of hydrogen-bond donors (Lipinski definition) is 1. The van der Waals surface area contributed by atoms with Gasteiger partial charge in [-0.1, -0.05) is 36.4 Å². The van der Waals surface area contributed by atoms with Gasteiger partial charge in [-0.2, -0.15) is 0 Å². The second-order valence-electron chi connectivity index (χ2n) is 5.70. The van der Waals surface area contributed by atoms with Crippen LogP contribution in [0.1, 0.15) is 24.1 Å². The highest BCUT2D eigenvalue weighted by molar-refractivity contribution is 5.59. The molecule has 21 heavy (non-hydrogen) atoms. The van der Waals surface area contributed by atoms with Crippen molar-refractivity contribution in [3.63, 3.8) is 0 Å². The van der Waals surface area contributed by atoms with E-state index < -0.39 is 0 Å². The summed E-state index contributed by atoms with van der Waals surface area (Å²) in [6.45, 7) is 3.00. The number of anilines is 1. The summed E-state index contributed by atoms with van der Waals surface area (Å²) in [5.41, 5.74) is 3.39. The van der Waals surface area contributed by atoms with Crippen LogP contribution in [0.2, 0.25) is 0 Å². The molecule has 0 fully saturated rings. The van der Waals surface area contributed by atoms with Gasteiger partial charge in [-0.25, -0.2) is 4.39 Å². The maximum absolute atomic E-state index is 14.0. The highest BCUT2D eigenvalue weighted by atomic mass is 19.1. The van der Waals surface area contributed by atoms with E-state index >= 15 is 0 Å². The zero-order valence-electron chi connectivity index (χ0n) is 12.5. The molecule has 1 aliphatic heterocycles. The van der Waals surface area contributed by atoms with E-state index in [1.165, 1.54) is 17.3 Å². The normalized spacial score (nSPS) is 18.6. The number of likely N-dealkylation sites (N-methyl/N-ethyl adjacent to an activating group) is 1. The molecule has 0 saturated carbocycles. The van der Waals surface area contributed by atoms with E-state index in [1.807, 2.05) is 19.2 Å². The van der Waals surface area contributed by atoms with Crippen molar-refractivity contribution in [2.45, 2.75) is 25.4 Å². The lowest BCUT2D eigenvalue weighted by atomic mass is 10.1. The maximum Gasteiger partial charge on any atom is 0.128 e. The molecule has 0 saturated heterocycles. The van der Waals surface area contributed by atoms with Crippen molar-refractivity contribution in [2.24, 2.45) is 0 Å². The van der Waals surface area contributed by atoms with Gasteiger partial charge in [-0.3, -0.25) is 0 Å². The highest BCUT2D eigenvalue weighted by Crippen LogP contribution is 2.33. The van der Waals surface area contributed by atoms with Crippen molar-refractivity contribution in [3.8, 4) is 0 Å². The van der Waals surface area contributed by atoms with Crippen LogP contribution in [0.4, 0.5) is 10.1 Å². The molecule has 0 aromatic heterocycles. The van der Waals surface area contributed by atoms with Crippen LogP contribution in [0.3, 0.4) is 0 Å². The lowest BCUT2D eigenvalue weighted by Crippen LogP contribution is -2.37. The molecule has 0 spiro atoms. The molecular formula is C18H21FN2. The van der Waals surface area contributed by atoms with Gasteiger partial charge in [-0.15, -0.1) is 0 Å². The number of fused-ring (bicyclic) bond motifs is 1. The van der Waals surface area contributed by atoms with Gasteiger partial charge < -0.3 is 10.2 Å². The second-order valence-corrected chi connectivity index (χ2v) is 5.70. The van der Waals surface area contributed by atoms with Gasteiger partial charge in [0.2, 0.25) is 0 Å². The Morgan fingerprint density at radius 3 is 2.67 bits per heavy atom. The Balaban J connectivity index is 1.87.